The standard InChI is InChI=1S/C20H22N2O5/c1-3-26-17-9-7-15(8-10-17)12-19(23)22-21-13-16-5-4-6-18(11-16)27-14-20(24)25-2/h4-11,13H,3,12,14H2,1-2H3,(H,22,23)/b21-13-. The highest BCUT2D eigenvalue weighted by atomic mass is 16.6. The maximum atomic E-state index is 12.0. The lowest BCUT2D eigenvalue weighted by Gasteiger charge is -2.05. The van der Waals surface area contributed by atoms with E-state index in [1.54, 1.807) is 24.3 Å². The second kappa shape index (κ2) is 10.6. The quantitative estimate of drug-likeness (QED) is 0.416. The zero-order chi connectivity index (χ0) is 19.5. The van der Waals surface area contributed by atoms with Gasteiger partial charge in [0.25, 0.3) is 0 Å². The summed E-state index contributed by atoms with van der Waals surface area (Å²) in [5.41, 5.74) is 4.07. The average molecular weight is 370 g/mol. The highest BCUT2D eigenvalue weighted by Gasteiger charge is 2.04. The first-order valence-electron chi connectivity index (χ1n) is 8.44. The van der Waals surface area contributed by atoms with Crippen LogP contribution in [0.3, 0.4) is 0 Å². The van der Waals surface area contributed by atoms with Crippen molar-refractivity contribution in [2.75, 3.05) is 20.3 Å². The summed E-state index contributed by atoms with van der Waals surface area (Å²) in [6, 6.07) is 14.3. The summed E-state index contributed by atoms with van der Waals surface area (Å²) in [7, 11) is 1.30. The Morgan fingerprint density at radius 1 is 1.07 bits per heavy atom. The number of carbonyl (C=O) groups is 2. The number of nitrogens with one attached hydrogen (secondary N) is 1. The Hall–Kier alpha value is -3.35. The monoisotopic (exact) mass is 370 g/mol. The Morgan fingerprint density at radius 2 is 1.85 bits per heavy atom. The number of methoxy groups -OCH3 is 1. The highest BCUT2D eigenvalue weighted by molar-refractivity contribution is 5.83. The minimum absolute atomic E-state index is 0.171. The van der Waals surface area contributed by atoms with Gasteiger partial charge in [-0.1, -0.05) is 24.3 Å². The van der Waals surface area contributed by atoms with E-state index in [1.807, 2.05) is 31.2 Å². The van der Waals surface area contributed by atoms with E-state index in [4.69, 9.17) is 9.47 Å². The predicted octanol–water partition coefficient (Wildman–Crippen LogP) is 2.33. The van der Waals surface area contributed by atoms with Crippen molar-refractivity contribution in [3.05, 3.63) is 59.7 Å². The van der Waals surface area contributed by atoms with Crippen LogP contribution in [0.15, 0.2) is 53.6 Å². The number of esters is 1. The van der Waals surface area contributed by atoms with E-state index in [1.165, 1.54) is 13.3 Å². The van der Waals surface area contributed by atoms with Gasteiger partial charge >= 0.3 is 5.97 Å². The van der Waals surface area contributed by atoms with Gasteiger partial charge in [0.1, 0.15) is 11.5 Å². The molecule has 1 amide bonds. The SMILES string of the molecule is CCOc1ccc(CC(=O)N/N=C\c2cccc(OCC(=O)OC)c2)cc1. The third-order valence-corrected chi connectivity index (χ3v) is 3.44. The number of hydrogen-bond donors (Lipinski definition) is 1. The number of carbonyl (C=O) groups excluding carboxylic acids is 2. The molecule has 0 aliphatic rings. The Labute approximate surface area is 157 Å². The van der Waals surface area contributed by atoms with Crippen LogP contribution in [-0.2, 0) is 20.7 Å². The molecule has 0 bridgehead atoms. The van der Waals surface area contributed by atoms with Gasteiger partial charge < -0.3 is 14.2 Å². The molecule has 0 heterocycles. The van der Waals surface area contributed by atoms with Crippen LogP contribution in [0.2, 0.25) is 0 Å². The van der Waals surface area contributed by atoms with Gasteiger partial charge in [-0.25, -0.2) is 10.2 Å². The molecule has 0 fully saturated rings. The summed E-state index contributed by atoms with van der Waals surface area (Å²) in [6.07, 6.45) is 1.72. The van der Waals surface area contributed by atoms with Crippen LogP contribution in [-0.4, -0.2) is 38.4 Å². The van der Waals surface area contributed by atoms with Crippen molar-refractivity contribution < 1.29 is 23.8 Å². The van der Waals surface area contributed by atoms with Gasteiger partial charge in [0.15, 0.2) is 6.61 Å². The van der Waals surface area contributed by atoms with Crippen LogP contribution in [0, 0.1) is 0 Å². The van der Waals surface area contributed by atoms with E-state index >= 15 is 0 Å². The lowest BCUT2D eigenvalue weighted by molar-refractivity contribution is -0.142. The summed E-state index contributed by atoms with van der Waals surface area (Å²) < 4.78 is 15.2. The van der Waals surface area contributed by atoms with Crippen molar-refractivity contribution in [1.82, 2.24) is 5.43 Å². The highest BCUT2D eigenvalue weighted by Crippen LogP contribution is 2.13. The number of hydrogen-bond acceptors (Lipinski definition) is 6. The molecule has 0 aliphatic carbocycles. The third-order valence-electron chi connectivity index (χ3n) is 3.44. The first-order valence-corrected chi connectivity index (χ1v) is 8.44. The fraction of sp³-hybridized carbons (Fsp3) is 0.250. The number of rotatable bonds is 9. The normalized spacial score (nSPS) is 10.4. The van der Waals surface area contributed by atoms with Gasteiger partial charge in [0.2, 0.25) is 5.91 Å². The molecule has 0 saturated carbocycles. The van der Waals surface area contributed by atoms with Gasteiger partial charge in [-0.15, -0.1) is 0 Å². The first-order chi connectivity index (χ1) is 13.1. The Balaban J connectivity index is 1.83. The van der Waals surface area contributed by atoms with Crippen molar-refractivity contribution in [3.8, 4) is 11.5 Å². The van der Waals surface area contributed by atoms with Crippen LogP contribution >= 0.6 is 0 Å². The van der Waals surface area contributed by atoms with Gasteiger partial charge in [0.05, 0.1) is 26.4 Å². The molecule has 2 aromatic carbocycles. The fourth-order valence-corrected chi connectivity index (χ4v) is 2.16. The van der Waals surface area contributed by atoms with Gasteiger partial charge in [-0.3, -0.25) is 4.79 Å². The van der Waals surface area contributed by atoms with E-state index in [0.717, 1.165) is 16.9 Å². The largest absolute Gasteiger partial charge is 0.494 e. The summed E-state index contributed by atoms with van der Waals surface area (Å²) in [5.74, 6) is 0.586. The molecule has 0 saturated heterocycles. The van der Waals surface area contributed by atoms with Crippen LogP contribution in [0.1, 0.15) is 18.1 Å². The molecule has 0 radical (unpaired) electrons. The lowest BCUT2D eigenvalue weighted by Crippen LogP contribution is -2.19. The average Bonchev–Trinajstić information content (AvgIpc) is 2.68. The molecule has 2 rings (SSSR count). The van der Waals surface area contributed by atoms with Crippen molar-refractivity contribution in [2.45, 2.75) is 13.3 Å². The van der Waals surface area contributed by atoms with E-state index in [9.17, 15) is 9.59 Å². The molecule has 142 valence electrons. The predicted molar refractivity (Wildman–Crippen MR) is 101 cm³/mol. The lowest BCUT2D eigenvalue weighted by atomic mass is 10.1. The van der Waals surface area contributed by atoms with Crippen LogP contribution in [0.4, 0.5) is 0 Å². The summed E-state index contributed by atoms with van der Waals surface area (Å²) in [6.45, 7) is 2.35. The van der Waals surface area contributed by atoms with Crippen molar-refractivity contribution in [2.24, 2.45) is 5.10 Å². The van der Waals surface area contributed by atoms with Gasteiger partial charge in [0, 0.05) is 0 Å². The maximum absolute atomic E-state index is 12.0. The number of amides is 1. The Morgan fingerprint density at radius 3 is 2.56 bits per heavy atom. The third kappa shape index (κ3) is 7.19. The van der Waals surface area contributed by atoms with Gasteiger partial charge in [-0.05, 0) is 42.3 Å². The van der Waals surface area contributed by atoms with E-state index < -0.39 is 5.97 Å². The topological polar surface area (TPSA) is 86.2 Å². The number of nitrogens with zero attached hydrogens (tertiary/aromatic N) is 1. The smallest absolute Gasteiger partial charge is 0.343 e. The molecule has 0 unspecified atom stereocenters. The van der Waals surface area contributed by atoms with Crippen LogP contribution in [0.5, 0.6) is 11.5 Å². The van der Waals surface area contributed by atoms with E-state index in [0.29, 0.717) is 12.4 Å². The second-order valence-corrected chi connectivity index (χ2v) is 5.48. The van der Waals surface area contributed by atoms with E-state index in [2.05, 4.69) is 15.3 Å². The van der Waals surface area contributed by atoms with Gasteiger partial charge in [-0.2, -0.15) is 5.10 Å². The summed E-state index contributed by atoms with van der Waals surface area (Å²) in [4.78, 5) is 23.0. The first kappa shape index (κ1) is 20.0. The fourth-order valence-electron chi connectivity index (χ4n) is 2.16. The van der Waals surface area contributed by atoms with Crippen molar-refractivity contribution in [3.63, 3.8) is 0 Å². The molecule has 7 heteroatoms. The van der Waals surface area contributed by atoms with E-state index in [-0.39, 0.29) is 18.9 Å². The summed E-state index contributed by atoms with van der Waals surface area (Å²) >= 11 is 0. The van der Waals surface area contributed by atoms with Crippen molar-refractivity contribution in [1.29, 1.82) is 0 Å². The maximum Gasteiger partial charge on any atom is 0.343 e. The number of ether oxygens (including phenoxy) is 3. The molecular formula is C20H22N2O5. The minimum atomic E-state index is -0.462. The molecule has 7 nitrogen and oxygen atoms in total. The molecule has 0 aromatic heterocycles. The van der Waals surface area contributed by atoms with Crippen LogP contribution in [0.25, 0.3) is 0 Å². The molecule has 27 heavy (non-hydrogen) atoms. The Kier molecular flexibility index (Phi) is 7.84. The molecule has 0 spiro atoms. The molecule has 0 aliphatic heterocycles. The molecular weight excluding hydrogens is 348 g/mol. The minimum Gasteiger partial charge on any atom is -0.494 e. The Bertz CT molecular complexity index is 787. The molecule has 2 aromatic rings. The zero-order valence-corrected chi connectivity index (χ0v) is 15.3. The molecule has 0 atom stereocenters. The van der Waals surface area contributed by atoms with Crippen LogP contribution < -0.4 is 14.9 Å². The second-order valence-electron chi connectivity index (χ2n) is 5.48. The zero-order valence-electron chi connectivity index (χ0n) is 15.3. The molecule has 1 N–H and O–H groups in total. The van der Waals surface area contributed by atoms with Crippen molar-refractivity contribution >= 4 is 18.1 Å². The summed E-state index contributed by atoms with van der Waals surface area (Å²) in [5, 5.41) is 3.94. The number of benzene rings is 2. The number of hydrazone groups is 1.